The molecule has 4 heteroatoms. The highest BCUT2D eigenvalue weighted by molar-refractivity contribution is 5.02. The molecule has 0 saturated carbocycles. The number of aromatic amines is 1. The van der Waals surface area contributed by atoms with Crippen LogP contribution in [-0.4, -0.2) is 16.0 Å². The quantitative estimate of drug-likeness (QED) is 0.748. The van der Waals surface area contributed by atoms with Crippen molar-refractivity contribution in [2.24, 2.45) is 0 Å². The lowest BCUT2D eigenvalue weighted by atomic mass is 10.3. The molecular weight excluding hydrogens is 178 g/mol. The second-order valence-corrected chi connectivity index (χ2v) is 3.57. The van der Waals surface area contributed by atoms with Crippen molar-refractivity contribution in [2.75, 3.05) is 0 Å². The van der Waals surface area contributed by atoms with Gasteiger partial charge in [-0.15, -0.1) is 0 Å². The molecule has 0 radical (unpaired) electrons. The van der Waals surface area contributed by atoms with Crippen molar-refractivity contribution in [2.45, 2.75) is 39.8 Å². The van der Waals surface area contributed by atoms with Crippen molar-refractivity contribution in [3.8, 4) is 0 Å². The third-order valence-electron chi connectivity index (χ3n) is 1.88. The van der Waals surface area contributed by atoms with Gasteiger partial charge in [0.05, 0.1) is 6.54 Å². The summed E-state index contributed by atoms with van der Waals surface area (Å²) in [5.74, 6) is 0.711. The van der Waals surface area contributed by atoms with Gasteiger partial charge in [0.15, 0.2) is 0 Å². The van der Waals surface area contributed by atoms with Crippen LogP contribution in [0.5, 0.6) is 0 Å². The zero-order chi connectivity index (χ0) is 10.6. The zero-order valence-electron chi connectivity index (χ0n) is 8.92. The number of nitrogens with zero attached hydrogens (tertiary/aromatic N) is 1. The first-order valence-electron chi connectivity index (χ1n) is 4.94. The predicted molar refractivity (Wildman–Crippen MR) is 56.2 cm³/mol. The molecule has 0 aromatic carbocycles. The van der Waals surface area contributed by atoms with E-state index in [9.17, 15) is 4.79 Å². The molecule has 1 aromatic rings. The van der Waals surface area contributed by atoms with Gasteiger partial charge in [0.1, 0.15) is 5.82 Å². The normalized spacial score (nSPS) is 10.9. The van der Waals surface area contributed by atoms with E-state index in [1.54, 1.807) is 6.07 Å². The second-order valence-electron chi connectivity index (χ2n) is 3.57. The SMILES string of the molecule is CCc1cc(=O)[nH]c(CNC(C)C)n1. The van der Waals surface area contributed by atoms with E-state index in [4.69, 9.17) is 0 Å². The summed E-state index contributed by atoms with van der Waals surface area (Å²) in [5.41, 5.74) is 0.770. The molecule has 0 spiro atoms. The van der Waals surface area contributed by atoms with Crippen LogP contribution >= 0.6 is 0 Å². The van der Waals surface area contributed by atoms with Crippen LogP contribution in [0.15, 0.2) is 10.9 Å². The van der Waals surface area contributed by atoms with E-state index < -0.39 is 0 Å². The fraction of sp³-hybridized carbons (Fsp3) is 0.600. The number of H-pyrrole nitrogens is 1. The highest BCUT2D eigenvalue weighted by Crippen LogP contribution is 1.93. The molecule has 1 rings (SSSR count). The molecule has 78 valence electrons. The van der Waals surface area contributed by atoms with Crippen LogP contribution in [0.4, 0.5) is 0 Å². The maximum absolute atomic E-state index is 11.2. The Labute approximate surface area is 83.8 Å². The van der Waals surface area contributed by atoms with Crippen LogP contribution < -0.4 is 10.9 Å². The van der Waals surface area contributed by atoms with Gasteiger partial charge >= 0.3 is 0 Å². The molecule has 0 amide bonds. The van der Waals surface area contributed by atoms with Crippen LogP contribution in [0.25, 0.3) is 0 Å². The number of aromatic nitrogens is 2. The summed E-state index contributed by atoms with van der Waals surface area (Å²) in [6, 6.07) is 1.93. The first-order chi connectivity index (χ1) is 6.61. The van der Waals surface area contributed by atoms with Gasteiger partial charge in [0.2, 0.25) is 0 Å². The maximum Gasteiger partial charge on any atom is 0.251 e. The summed E-state index contributed by atoms with van der Waals surface area (Å²) in [5, 5.41) is 3.21. The summed E-state index contributed by atoms with van der Waals surface area (Å²) in [4.78, 5) is 18.2. The third-order valence-corrected chi connectivity index (χ3v) is 1.88. The van der Waals surface area contributed by atoms with Gasteiger partial charge in [-0.3, -0.25) is 4.79 Å². The third kappa shape index (κ3) is 3.30. The molecule has 0 aliphatic carbocycles. The first-order valence-corrected chi connectivity index (χ1v) is 4.94. The Kier molecular flexibility index (Phi) is 3.83. The van der Waals surface area contributed by atoms with Gasteiger partial charge < -0.3 is 10.3 Å². The van der Waals surface area contributed by atoms with Crippen LogP contribution in [0.2, 0.25) is 0 Å². The molecule has 0 aliphatic heterocycles. The zero-order valence-corrected chi connectivity index (χ0v) is 8.92. The lowest BCUT2D eigenvalue weighted by Crippen LogP contribution is -2.25. The van der Waals surface area contributed by atoms with E-state index in [-0.39, 0.29) is 5.56 Å². The summed E-state index contributed by atoms with van der Waals surface area (Å²) >= 11 is 0. The van der Waals surface area contributed by atoms with Crippen LogP contribution in [0.3, 0.4) is 0 Å². The fourth-order valence-corrected chi connectivity index (χ4v) is 1.13. The van der Waals surface area contributed by atoms with Gasteiger partial charge in [0, 0.05) is 17.8 Å². The Bertz CT molecular complexity index is 343. The molecule has 1 aromatic heterocycles. The van der Waals surface area contributed by atoms with Gasteiger partial charge in [-0.05, 0) is 6.42 Å². The van der Waals surface area contributed by atoms with E-state index in [1.165, 1.54) is 0 Å². The van der Waals surface area contributed by atoms with Gasteiger partial charge in [0.25, 0.3) is 5.56 Å². The highest BCUT2D eigenvalue weighted by atomic mass is 16.1. The van der Waals surface area contributed by atoms with Crippen molar-refractivity contribution in [3.05, 3.63) is 27.9 Å². The Hall–Kier alpha value is -1.16. The minimum Gasteiger partial charge on any atom is -0.309 e. The Morgan fingerprint density at radius 1 is 1.57 bits per heavy atom. The summed E-state index contributed by atoms with van der Waals surface area (Å²) in [6.07, 6.45) is 0.790. The van der Waals surface area contributed by atoms with Crippen molar-refractivity contribution >= 4 is 0 Å². The van der Waals surface area contributed by atoms with E-state index >= 15 is 0 Å². The molecule has 2 N–H and O–H groups in total. The lowest BCUT2D eigenvalue weighted by molar-refractivity contribution is 0.569. The predicted octanol–water partition coefficient (Wildman–Crippen LogP) is 0.830. The topological polar surface area (TPSA) is 57.8 Å². The van der Waals surface area contributed by atoms with Gasteiger partial charge in [-0.1, -0.05) is 20.8 Å². The lowest BCUT2D eigenvalue weighted by Gasteiger charge is -2.07. The van der Waals surface area contributed by atoms with E-state index in [2.05, 4.69) is 29.1 Å². The van der Waals surface area contributed by atoms with Crippen LogP contribution in [-0.2, 0) is 13.0 Å². The second kappa shape index (κ2) is 4.91. The largest absolute Gasteiger partial charge is 0.309 e. The molecule has 14 heavy (non-hydrogen) atoms. The van der Waals surface area contributed by atoms with E-state index in [0.717, 1.165) is 12.1 Å². The number of hydrogen-bond donors (Lipinski definition) is 2. The minimum absolute atomic E-state index is 0.0718. The van der Waals surface area contributed by atoms with Crippen LogP contribution in [0.1, 0.15) is 32.3 Å². The molecule has 0 aliphatic rings. The standard InChI is InChI=1S/C10H17N3O/c1-4-8-5-10(14)13-9(12-8)6-11-7(2)3/h5,7,11H,4,6H2,1-3H3,(H,12,13,14). The van der Waals surface area contributed by atoms with E-state index in [0.29, 0.717) is 18.4 Å². The Morgan fingerprint density at radius 2 is 2.29 bits per heavy atom. The number of nitrogens with one attached hydrogen (secondary N) is 2. The molecule has 4 nitrogen and oxygen atoms in total. The summed E-state index contributed by atoms with van der Waals surface area (Å²) < 4.78 is 0. The minimum atomic E-state index is -0.0718. The number of aryl methyl sites for hydroxylation is 1. The van der Waals surface area contributed by atoms with Crippen LogP contribution in [0, 0.1) is 0 Å². The van der Waals surface area contributed by atoms with Crippen molar-refractivity contribution in [1.29, 1.82) is 0 Å². The van der Waals surface area contributed by atoms with Crippen molar-refractivity contribution in [1.82, 2.24) is 15.3 Å². The van der Waals surface area contributed by atoms with Gasteiger partial charge in [-0.25, -0.2) is 4.98 Å². The fourth-order valence-electron chi connectivity index (χ4n) is 1.13. The molecule has 0 fully saturated rings. The summed E-state index contributed by atoms with van der Waals surface area (Å²) in [6.45, 7) is 6.71. The number of hydrogen-bond acceptors (Lipinski definition) is 3. The highest BCUT2D eigenvalue weighted by Gasteiger charge is 2.00. The maximum atomic E-state index is 11.2. The molecule has 0 bridgehead atoms. The molecular formula is C10H17N3O. The smallest absolute Gasteiger partial charge is 0.251 e. The van der Waals surface area contributed by atoms with E-state index in [1.807, 2.05) is 6.92 Å². The number of rotatable bonds is 4. The summed E-state index contributed by atoms with van der Waals surface area (Å²) in [7, 11) is 0. The monoisotopic (exact) mass is 195 g/mol. The molecule has 0 saturated heterocycles. The Balaban J connectivity index is 2.76. The van der Waals surface area contributed by atoms with Crippen molar-refractivity contribution in [3.63, 3.8) is 0 Å². The molecule has 0 unspecified atom stereocenters. The first kappa shape index (κ1) is 10.9. The molecule has 0 atom stereocenters. The Morgan fingerprint density at radius 3 is 2.86 bits per heavy atom. The van der Waals surface area contributed by atoms with Gasteiger partial charge in [-0.2, -0.15) is 0 Å². The van der Waals surface area contributed by atoms with Crippen molar-refractivity contribution < 1.29 is 0 Å². The average molecular weight is 195 g/mol. The average Bonchev–Trinajstić information content (AvgIpc) is 2.14. The molecule has 1 heterocycles.